The van der Waals surface area contributed by atoms with Crippen molar-refractivity contribution in [1.82, 2.24) is 9.80 Å². The fraction of sp³-hybridized carbons (Fsp3) is 0.500. The van der Waals surface area contributed by atoms with Crippen LogP contribution in [0.15, 0.2) is 22.7 Å². The quantitative estimate of drug-likeness (QED) is 0.795. The Hall–Kier alpha value is -0.910. The number of hydrogen-bond acceptors (Lipinski definition) is 4. The molecule has 1 fully saturated rings. The average Bonchev–Trinajstić information content (AvgIpc) is 2.42. The maximum Gasteiger partial charge on any atom is 0.337 e. The normalized spacial score (nSPS) is 17.4. The zero-order chi connectivity index (χ0) is 13.8. The number of carbonyl (C=O) groups excluding carboxylic acids is 1. The molecule has 0 spiro atoms. The first-order valence-corrected chi connectivity index (χ1v) is 7.17. The Kier molecular flexibility index (Phi) is 4.96. The van der Waals surface area contributed by atoms with Gasteiger partial charge in [-0.15, -0.1) is 0 Å². The zero-order valence-corrected chi connectivity index (χ0v) is 12.9. The molecule has 19 heavy (non-hydrogen) atoms. The SMILES string of the molecule is COC(=O)c1ccc(CN2CCN(C)CC2)c(Br)c1. The van der Waals surface area contributed by atoms with Gasteiger partial charge in [0.2, 0.25) is 0 Å². The summed E-state index contributed by atoms with van der Waals surface area (Å²) in [7, 11) is 3.55. The average molecular weight is 327 g/mol. The summed E-state index contributed by atoms with van der Waals surface area (Å²) < 4.78 is 5.68. The van der Waals surface area contributed by atoms with E-state index in [-0.39, 0.29) is 5.97 Å². The van der Waals surface area contributed by atoms with Crippen molar-refractivity contribution in [3.05, 3.63) is 33.8 Å². The van der Waals surface area contributed by atoms with Crippen molar-refractivity contribution in [2.75, 3.05) is 40.3 Å². The molecule has 0 amide bonds. The third kappa shape index (κ3) is 3.78. The van der Waals surface area contributed by atoms with Gasteiger partial charge in [-0.25, -0.2) is 4.79 Å². The van der Waals surface area contributed by atoms with E-state index in [2.05, 4.69) is 32.8 Å². The van der Waals surface area contributed by atoms with E-state index in [1.807, 2.05) is 18.2 Å². The summed E-state index contributed by atoms with van der Waals surface area (Å²) in [5.41, 5.74) is 1.79. The van der Waals surface area contributed by atoms with Crippen LogP contribution in [0.4, 0.5) is 0 Å². The van der Waals surface area contributed by atoms with E-state index >= 15 is 0 Å². The van der Waals surface area contributed by atoms with Gasteiger partial charge in [0.25, 0.3) is 0 Å². The van der Waals surface area contributed by atoms with Gasteiger partial charge >= 0.3 is 5.97 Å². The molecule has 1 aromatic carbocycles. The van der Waals surface area contributed by atoms with Crippen molar-refractivity contribution in [3.63, 3.8) is 0 Å². The molecule has 0 unspecified atom stereocenters. The number of ether oxygens (including phenoxy) is 1. The predicted octanol–water partition coefficient (Wildman–Crippen LogP) is 1.98. The summed E-state index contributed by atoms with van der Waals surface area (Å²) in [5, 5.41) is 0. The highest BCUT2D eigenvalue weighted by molar-refractivity contribution is 9.10. The fourth-order valence-corrected chi connectivity index (χ4v) is 2.67. The lowest BCUT2D eigenvalue weighted by Gasteiger charge is -2.32. The van der Waals surface area contributed by atoms with Crippen molar-refractivity contribution >= 4 is 21.9 Å². The molecule has 104 valence electrons. The second-order valence-corrected chi connectivity index (χ2v) is 5.73. The highest BCUT2D eigenvalue weighted by Gasteiger charge is 2.15. The van der Waals surface area contributed by atoms with Crippen LogP contribution >= 0.6 is 15.9 Å². The van der Waals surface area contributed by atoms with E-state index in [1.165, 1.54) is 12.7 Å². The number of hydrogen-bond donors (Lipinski definition) is 0. The second-order valence-electron chi connectivity index (χ2n) is 4.88. The molecule has 1 saturated heterocycles. The molecule has 4 nitrogen and oxygen atoms in total. The molecule has 0 N–H and O–H groups in total. The number of carbonyl (C=O) groups is 1. The summed E-state index contributed by atoms with van der Waals surface area (Å²) in [6, 6.07) is 5.65. The van der Waals surface area contributed by atoms with E-state index in [0.717, 1.165) is 37.2 Å². The Morgan fingerprint density at radius 3 is 2.58 bits per heavy atom. The Morgan fingerprint density at radius 1 is 1.32 bits per heavy atom. The third-order valence-corrected chi connectivity index (χ3v) is 4.20. The summed E-state index contributed by atoms with van der Waals surface area (Å²) in [6.07, 6.45) is 0. The van der Waals surface area contributed by atoms with Crippen molar-refractivity contribution in [2.45, 2.75) is 6.54 Å². The number of nitrogens with zero attached hydrogens (tertiary/aromatic N) is 2. The Balaban J connectivity index is 2.03. The summed E-state index contributed by atoms with van der Waals surface area (Å²) in [5.74, 6) is -0.299. The van der Waals surface area contributed by atoms with Crippen LogP contribution in [0, 0.1) is 0 Å². The van der Waals surface area contributed by atoms with Crippen LogP contribution in [-0.2, 0) is 11.3 Å². The minimum atomic E-state index is -0.299. The van der Waals surface area contributed by atoms with Crippen LogP contribution in [0.5, 0.6) is 0 Å². The zero-order valence-electron chi connectivity index (χ0n) is 11.4. The maximum absolute atomic E-state index is 11.4. The third-order valence-electron chi connectivity index (χ3n) is 3.46. The lowest BCUT2D eigenvalue weighted by atomic mass is 10.1. The standard InChI is InChI=1S/C14H19BrN2O2/c1-16-5-7-17(8-6-16)10-12-4-3-11(9-13(12)15)14(18)19-2/h3-4,9H,5-8,10H2,1-2H3. The number of rotatable bonds is 3. The fourth-order valence-electron chi connectivity index (χ4n) is 2.17. The summed E-state index contributed by atoms with van der Waals surface area (Å²) >= 11 is 3.54. The number of benzene rings is 1. The monoisotopic (exact) mass is 326 g/mol. The van der Waals surface area contributed by atoms with Crippen LogP contribution in [-0.4, -0.2) is 56.1 Å². The molecule has 0 aliphatic carbocycles. The minimum Gasteiger partial charge on any atom is -0.465 e. The number of halogens is 1. The first-order chi connectivity index (χ1) is 9.10. The molecular formula is C14H19BrN2O2. The molecule has 5 heteroatoms. The Morgan fingerprint density at radius 2 is 2.00 bits per heavy atom. The molecule has 0 radical (unpaired) electrons. The number of methoxy groups -OCH3 is 1. The molecule has 1 heterocycles. The molecule has 2 rings (SSSR count). The smallest absolute Gasteiger partial charge is 0.337 e. The van der Waals surface area contributed by atoms with Crippen LogP contribution in [0.3, 0.4) is 0 Å². The van der Waals surface area contributed by atoms with E-state index in [9.17, 15) is 4.79 Å². The van der Waals surface area contributed by atoms with Gasteiger partial charge in [0.05, 0.1) is 12.7 Å². The van der Waals surface area contributed by atoms with Gasteiger partial charge in [0.15, 0.2) is 0 Å². The second kappa shape index (κ2) is 6.50. The van der Waals surface area contributed by atoms with Crippen LogP contribution in [0.1, 0.15) is 15.9 Å². The number of likely N-dealkylation sites (N-methyl/N-ethyl adjacent to an activating group) is 1. The number of esters is 1. The summed E-state index contributed by atoms with van der Waals surface area (Å²) in [4.78, 5) is 16.2. The van der Waals surface area contributed by atoms with Crippen molar-refractivity contribution in [1.29, 1.82) is 0 Å². The molecule has 1 aliphatic heterocycles. The minimum absolute atomic E-state index is 0.299. The molecule has 0 bridgehead atoms. The highest BCUT2D eigenvalue weighted by atomic mass is 79.9. The first kappa shape index (κ1) is 14.5. The topological polar surface area (TPSA) is 32.8 Å². The van der Waals surface area contributed by atoms with Gasteiger partial charge < -0.3 is 9.64 Å². The Labute approximate surface area is 122 Å². The van der Waals surface area contributed by atoms with E-state index in [0.29, 0.717) is 5.56 Å². The van der Waals surface area contributed by atoms with Gasteiger partial charge in [-0.3, -0.25) is 4.90 Å². The molecule has 1 aliphatic rings. The van der Waals surface area contributed by atoms with Gasteiger partial charge in [-0.2, -0.15) is 0 Å². The molecule has 1 aromatic rings. The van der Waals surface area contributed by atoms with Crippen molar-refractivity contribution in [3.8, 4) is 0 Å². The highest BCUT2D eigenvalue weighted by Crippen LogP contribution is 2.21. The molecule has 0 atom stereocenters. The molecular weight excluding hydrogens is 308 g/mol. The number of piperazine rings is 1. The van der Waals surface area contributed by atoms with Crippen LogP contribution < -0.4 is 0 Å². The van der Waals surface area contributed by atoms with Crippen LogP contribution in [0.2, 0.25) is 0 Å². The first-order valence-electron chi connectivity index (χ1n) is 6.38. The molecule has 0 saturated carbocycles. The molecule has 0 aromatic heterocycles. The van der Waals surface area contributed by atoms with E-state index < -0.39 is 0 Å². The lowest BCUT2D eigenvalue weighted by Crippen LogP contribution is -2.43. The van der Waals surface area contributed by atoms with E-state index in [1.54, 1.807) is 0 Å². The van der Waals surface area contributed by atoms with Gasteiger partial charge in [0, 0.05) is 37.2 Å². The predicted molar refractivity (Wildman–Crippen MR) is 78.3 cm³/mol. The van der Waals surface area contributed by atoms with Gasteiger partial charge in [0.1, 0.15) is 0 Å². The van der Waals surface area contributed by atoms with Gasteiger partial charge in [-0.05, 0) is 24.7 Å². The van der Waals surface area contributed by atoms with Crippen LogP contribution in [0.25, 0.3) is 0 Å². The largest absolute Gasteiger partial charge is 0.465 e. The van der Waals surface area contributed by atoms with E-state index in [4.69, 9.17) is 4.74 Å². The van der Waals surface area contributed by atoms with Crippen molar-refractivity contribution < 1.29 is 9.53 Å². The summed E-state index contributed by atoms with van der Waals surface area (Å²) in [6.45, 7) is 5.30. The Bertz CT molecular complexity index is 457. The maximum atomic E-state index is 11.4. The lowest BCUT2D eigenvalue weighted by molar-refractivity contribution is 0.0600. The van der Waals surface area contributed by atoms with Crippen molar-refractivity contribution in [2.24, 2.45) is 0 Å². The van der Waals surface area contributed by atoms with Gasteiger partial charge in [-0.1, -0.05) is 22.0 Å².